The third-order valence-corrected chi connectivity index (χ3v) is 11.1. The molecule has 0 nitrogen and oxygen atoms in total. The summed E-state index contributed by atoms with van der Waals surface area (Å²) in [4.78, 5) is 0. The van der Waals surface area contributed by atoms with Crippen LogP contribution in [0.1, 0.15) is 22.3 Å². The molecule has 10 rings (SSSR count). The predicted molar refractivity (Wildman–Crippen MR) is 244 cm³/mol. The number of hydrogen-bond donors (Lipinski definition) is 0. The minimum absolute atomic E-state index is 1.19. The van der Waals surface area contributed by atoms with Crippen LogP contribution in [0.5, 0.6) is 0 Å². The monoisotopic (exact) mass is 710 g/mol. The lowest BCUT2D eigenvalue weighted by atomic mass is 9.80. The van der Waals surface area contributed by atoms with Crippen LogP contribution in [0.15, 0.2) is 206 Å². The molecule has 0 unspecified atom stereocenters. The van der Waals surface area contributed by atoms with Crippen molar-refractivity contribution in [2.24, 2.45) is 0 Å². The molecule has 0 saturated carbocycles. The molecule has 262 valence electrons. The molecule has 0 aliphatic rings. The average molecular weight is 711 g/mol. The van der Waals surface area contributed by atoms with Crippen molar-refractivity contribution in [2.75, 3.05) is 0 Å². The molecule has 0 atom stereocenters. The average Bonchev–Trinajstić information content (AvgIpc) is 3.27. The van der Waals surface area contributed by atoms with E-state index in [0.29, 0.717) is 0 Å². The highest BCUT2D eigenvalue weighted by atomic mass is 14.2. The van der Waals surface area contributed by atoms with Crippen LogP contribution >= 0.6 is 0 Å². The van der Waals surface area contributed by atoms with Crippen molar-refractivity contribution < 1.29 is 0 Å². The minimum Gasteiger partial charge on any atom is -0.0622 e. The standard InChI is InChI=1S/C56H38/c1-4-17-39(18-5-1)31-33-42-35-37-51(47-25-12-10-23-44(42)47)54-49-27-14-15-28-50(49)56(55-46(29-16-30-53(54)55)41-21-8-3-9-22-41)52-38-36-43(45-24-11-13-26-48(45)52)34-32-40-19-6-2-7-20-40/h1-38H. The topological polar surface area (TPSA) is 0 Å². The van der Waals surface area contributed by atoms with Gasteiger partial charge in [0.05, 0.1) is 0 Å². The van der Waals surface area contributed by atoms with Gasteiger partial charge in [-0.05, 0) is 98.7 Å². The van der Waals surface area contributed by atoms with Crippen LogP contribution < -0.4 is 0 Å². The van der Waals surface area contributed by atoms with Crippen molar-refractivity contribution >= 4 is 67.4 Å². The van der Waals surface area contributed by atoms with E-state index < -0.39 is 0 Å². The Kier molecular flexibility index (Phi) is 8.63. The highest BCUT2D eigenvalue weighted by Crippen LogP contribution is 2.49. The fourth-order valence-electron chi connectivity index (χ4n) is 8.53. The smallest absolute Gasteiger partial charge is 0.00139 e. The van der Waals surface area contributed by atoms with Gasteiger partial charge < -0.3 is 0 Å². The third kappa shape index (κ3) is 5.99. The molecule has 0 aliphatic heterocycles. The molecule has 56 heavy (non-hydrogen) atoms. The lowest BCUT2D eigenvalue weighted by molar-refractivity contribution is 1.64. The highest BCUT2D eigenvalue weighted by Gasteiger charge is 2.22. The van der Waals surface area contributed by atoms with E-state index in [2.05, 4.69) is 231 Å². The first-order valence-electron chi connectivity index (χ1n) is 19.4. The SMILES string of the molecule is C(=Cc1ccc(-c2c3ccccc3c(-c3ccc(C=Cc4ccccc4)c4ccccc34)c3c(-c4ccccc4)cccc23)c2ccccc12)c1ccccc1. The zero-order valence-corrected chi connectivity index (χ0v) is 30.9. The lowest BCUT2D eigenvalue weighted by Gasteiger charge is -2.22. The Morgan fingerprint density at radius 1 is 0.232 bits per heavy atom. The van der Waals surface area contributed by atoms with Gasteiger partial charge in [0.25, 0.3) is 0 Å². The normalized spacial score (nSPS) is 11.8. The summed E-state index contributed by atoms with van der Waals surface area (Å²) in [7, 11) is 0. The minimum atomic E-state index is 1.19. The molecular weight excluding hydrogens is 673 g/mol. The molecule has 0 aliphatic carbocycles. The summed E-state index contributed by atoms with van der Waals surface area (Å²) in [6, 6.07) is 74.9. The number of hydrogen-bond acceptors (Lipinski definition) is 0. The number of fused-ring (bicyclic) bond motifs is 4. The van der Waals surface area contributed by atoms with Crippen molar-refractivity contribution in [2.45, 2.75) is 0 Å². The van der Waals surface area contributed by atoms with Crippen LogP contribution in [0.25, 0.3) is 101 Å². The van der Waals surface area contributed by atoms with E-state index in [1.54, 1.807) is 0 Å². The summed E-state index contributed by atoms with van der Waals surface area (Å²) in [6.07, 6.45) is 8.92. The van der Waals surface area contributed by atoms with Gasteiger partial charge in [0.15, 0.2) is 0 Å². The predicted octanol–water partition coefficient (Wildman–Crippen LogP) is 15.6. The number of benzene rings is 10. The molecule has 0 N–H and O–H groups in total. The Bertz CT molecular complexity index is 3100. The molecule has 0 bridgehead atoms. The van der Waals surface area contributed by atoms with Crippen molar-refractivity contribution in [3.05, 3.63) is 229 Å². The first-order valence-corrected chi connectivity index (χ1v) is 19.4. The summed E-state index contributed by atoms with van der Waals surface area (Å²) in [5, 5.41) is 9.96. The Labute approximate surface area is 328 Å². The van der Waals surface area contributed by atoms with Gasteiger partial charge in [-0.3, -0.25) is 0 Å². The Hall–Kier alpha value is -7.28. The molecule has 10 aromatic rings. The lowest BCUT2D eigenvalue weighted by Crippen LogP contribution is -1.95. The van der Waals surface area contributed by atoms with E-state index in [9.17, 15) is 0 Å². The van der Waals surface area contributed by atoms with Gasteiger partial charge in [-0.2, -0.15) is 0 Å². The molecular formula is C56H38. The van der Waals surface area contributed by atoms with E-state index in [1.165, 1.54) is 98.7 Å². The van der Waals surface area contributed by atoms with Gasteiger partial charge in [0, 0.05) is 0 Å². The quantitative estimate of drug-likeness (QED) is 0.114. The van der Waals surface area contributed by atoms with Crippen LogP contribution in [-0.2, 0) is 0 Å². The second kappa shape index (κ2) is 14.5. The molecule has 0 fully saturated rings. The van der Waals surface area contributed by atoms with Crippen LogP contribution in [0.4, 0.5) is 0 Å². The van der Waals surface area contributed by atoms with Crippen molar-refractivity contribution in [3.8, 4) is 33.4 Å². The molecule has 0 spiro atoms. The first kappa shape index (κ1) is 33.3. The van der Waals surface area contributed by atoms with Crippen LogP contribution in [0, 0.1) is 0 Å². The zero-order valence-electron chi connectivity index (χ0n) is 30.9. The Morgan fingerprint density at radius 3 is 1.18 bits per heavy atom. The van der Waals surface area contributed by atoms with E-state index >= 15 is 0 Å². The maximum absolute atomic E-state index is 2.35. The summed E-state index contributed by atoms with van der Waals surface area (Å²) >= 11 is 0. The van der Waals surface area contributed by atoms with Gasteiger partial charge in [-0.1, -0.05) is 231 Å². The second-order valence-electron chi connectivity index (χ2n) is 14.4. The third-order valence-electron chi connectivity index (χ3n) is 11.1. The zero-order chi connectivity index (χ0) is 37.3. The van der Waals surface area contributed by atoms with Crippen LogP contribution in [0.3, 0.4) is 0 Å². The maximum atomic E-state index is 2.35. The van der Waals surface area contributed by atoms with Crippen LogP contribution in [0.2, 0.25) is 0 Å². The fraction of sp³-hybridized carbons (Fsp3) is 0. The Balaban J connectivity index is 1.28. The molecule has 0 saturated heterocycles. The summed E-state index contributed by atoms with van der Waals surface area (Å²) in [6.45, 7) is 0. The van der Waals surface area contributed by atoms with Gasteiger partial charge in [-0.25, -0.2) is 0 Å². The fourth-order valence-corrected chi connectivity index (χ4v) is 8.53. The van der Waals surface area contributed by atoms with Gasteiger partial charge in [-0.15, -0.1) is 0 Å². The largest absolute Gasteiger partial charge is 0.0622 e. The maximum Gasteiger partial charge on any atom is -0.00139 e. The molecule has 0 amide bonds. The summed E-state index contributed by atoms with van der Waals surface area (Å²) in [5.41, 5.74) is 12.2. The molecule has 0 heterocycles. The van der Waals surface area contributed by atoms with Crippen molar-refractivity contribution in [3.63, 3.8) is 0 Å². The Morgan fingerprint density at radius 2 is 0.643 bits per heavy atom. The molecule has 0 radical (unpaired) electrons. The van der Waals surface area contributed by atoms with Crippen molar-refractivity contribution in [1.82, 2.24) is 0 Å². The highest BCUT2D eigenvalue weighted by molar-refractivity contribution is 6.28. The van der Waals surface area contributed by atoms with Gasteiger partial charge >= 0.3 is 0 Å². The summed E-state index contributed by atoms with van der Waals surface area (Å²) < 4.78 is 0. The number of rotatable bonds is 7. The van der Waals surface area contributed by atoms with Gasteiger partial charge in [0.2, 0.25) is 0 Å². The van der Waals surface area contributed by atoms with E-state index in [-0.39, 0.29) is 0 Å². The van der Waals surface area contributed by atoms with E-state index in [0.717, 1.165) is 0 Å². The van der Waals surface area contributed by atoms with Crippen molar-refractivity contribution in [1.29, 1.82) is 0 Å². The molecule has 10 aromatic carbocycles. The molecule has 0 aromatic heterocycles. The van der Waals surface area contributed by atoms with E-state index in [1.807, 2.05) is 0 Å². The summed E-state index contributed by atoms with van der Waals surface area (Å²) in [5.74, 6) is 0. The van der Waals surface area contributed by atoms with E-state index in [4.69, 9.17) is 0 Å². The van der Waals surface area contributed by atoms with Gasteiger partial charge in [0.1, 0.15) is 0 Å². The first-order chi connectivity index (χ1) is 27.8. The second-order valence-corrected chi connectivity index (χ2v) is 14.4. The van der Waals surface area contributed by atoms with Crippen LogP contribution in [-0.4, -0.2) is 0 Å². The molecule has 0 heteroatoms.